The van der Waals surface area contributed by atoms with Crippen molar-refractivity contribution in [2.75, 3.05) is 7.11 Å². The number of hydrogen-bond donors (Lipinski definition) is 1. The van der Waals surface area contributed by atoms with Crippen molar-refractivity contribution < 1.29 is 14.3 Å². The van der Waals surface area contributed by atoms with Crippen LogP contribution < -0.4 is 14.8 Å². The number of carbonyl (C=O) groups is 1. The van der Waals surface area contributed by atoms with E-state index in [1.165, 1.54) is 0 Å². The van der Waals surface area contributed by atoms with Crippen LogP contribution in [0.1, 0.15) is 38.7 Å². The van der Waals surface area contributed by atoms with Crippen LogP contribution in [-0.2, 0) is 6.61 Å². The molecule has 0 aliphatic carbocycles. The Morgan fingerprint density at radius 3 is 2.09 bits per heavy atom. The Labute approximate surface area is 194 Å². The lowest BCUT2D eigenvalue weighted by Gasteiger charge is -2.20. The van der Waals surface area contributed by atoms with Crippen molar-refractivity contribution >= 4 is 5.91 Å². The van der Waals surface area contributed by atoms with Crippen molar-refractivity contribution in [2.24, 2.45) is 0 Å². The van der Waals surface area contributed by atoms with Crippen LogP contribution in [0.15, 0.2) is 103 Å². The lowest BCUT2D eigenvalue weighted by Crippen LogP contribution is -2.29. The fourth-order valence-corrected chi connectivity index (χ4v) is 3.76. The number of methoxy groups -OCH3 is 1. The predicted molar refractivity (Wildman–Crippen MR) is 131 cm³/mol. The van der Waals surface area contributed by atoms with Gasteiger partial charge in [-0.15, -0.1) is 0 Å². The minimum Gasteiger partial charge on any atom is -0.496 e. The quantitative estimate of drug-likeness (QED) is 0.362. The molecule has 4 aromatic rings. The zero-order valence-corrected chi connectivity index (χ0v) is 18.8. The summed E-state index contributed by atoms with van der Waals surface area (Å²) in [5.74, 6) is 1.30. The number of rotatable bonds is 8. The molecule has 4 heteroatoms. The van der Waals surface area contributed by atoms with Crippen molar-refractivity contribution in [1.29, 1.82) is 0 Å². The van der Waals surface area contributed by atoms with Crippen molar-refractivity contribution in [3.8, 4) is 11.5 Å². The third-order valence-corrected chi connectivity index (χ3v) is 5.47. The molecule has 4 rings (SSSR count). The normalized spacial score (nSPS) is 10.6. The summed E-state index contributed by atoms with van der Waals surface area (Å²) < 4.78 is 11.5. The summed E-state index contributed by atoms with van der Waals surface area (Å²) in [6, 6.07) is 33.0. The van der Waals surface area contributed by atoms with E-state index in [9.17, 15) is 4.79 Å². The molecule has 0 spiro atoms. The first kappa shape index (κ1) is 22.2. The molecule has 0 aliphatic rings. The molecular weight excluding hydrogens is 410 g/mol. The van der Waals surface area contributed by atoms with Gasteiger partial charge in [0, 0.05) is 11.1 Å². The number of nitrogens with one attached hydrogen (secondary N) is 1. The van der Waals surface area contributed by atoms with Gasteiger partial charge in [0.2, 0.25) is 0 Å². The van der Waals surface area contributed by atoms with E-state index in [2.05, 4.69) is 5.32 Å². The van der Waals surface area contributed by atoms with Gasteiger partial charge in [0.05, 0.1) is 13.2 Å². The van der Waals surface area contributed by atoms with Gasteiger partial charge in [-0.2, -0.15) is 0 Å². The molecule has 1 amide bonds. The highest BCUT2D eigenvalue weighted by atomic mass is 16.5. The molecule has 0 saturated carbocycles. The van der Waals surface area contributed by atoms with Crippen molar-refractivity contribution in [3.05, 3.63) is 131 Å². The molecule has 0 atom stereocenters. The molecule has 0 heterocycles. The lowest BCUT2D eigenvalue weighted by atomic mass is 9.98. The average molecular weight is 438 g/mol. The van der Waals surface area contributed by atoms with Gasteiger partial charge in [-0.1, -0.05) is 72.8 Å². The highest BCUT2D eigenvalue weighted by molar-refractivity contribution is 5.95. The van der Waals surface area contributed by atoms with Crippen LogP contribution in [0.2, 0.25) is 0 Å². The first-order chi connectivity index (χ1) is 16.1. The van der Waals surface area contributed by atoms with E-state index in [1.54, 1.807) is 13.2 Å². The maximum absolute atomic E-state index is 13.3. The zero-order chi connectivity index (χ0) is 23.0. The molecular formula is C29H27NO3. The van der Waals surface area contributed by atoms with Gasteiger partial charge in [-0.05, 0) is 53.9 Å². The SMILES string of the molecule is COc1ccc(C(=O)NC(c2ccccc2)c2ccccc2)cc1COc1cccc(C)c1. The van der Waals surface area contributed by atoms with E-state index in [4.69, 9.17) is 9.47 Å². The Hall–Kier alpha value is -4.05. The number of ether oxygens (including phenoxy) is 2. The molecule has 0 fully saturated rings. The summed E-state index contributed by atoms with van der Waals surface area (Å²) in [5.41, 5.74) is 4.53. The molecule has 0 radical (unpaired) electrons. The van der Waals surface area contributed by atoms with Gasteiger partial charge < -0.3 is 14.8 Å². The zero-order valence-electron chi connectivity index (χ0n) is 18.8. The second-order valence-corrected chi connectivity index (χ2v) is 7.86. The fourth-order valence-electron chi connectivity index (χ4n) is 3.76. The summed E-state index contributed by atoms with van der Waals surface area (Å²) in [6.07, 6.45) is 0. The van der Waals surface area contributed by atoms with Gasteiger partial charge in [-0.25, -0.2) is 0 Å². The van der Waals surface area contributed by atoms with Gasteiger partial charge in [-0.3, -0.25) is 4.79 Å². The summed E-state index contributed by atoms with van der Waals surface area (Å²) in [6.45, 7) is 2.32. The number of benzene rings is 4. The molecule has 166 valence electrons. The summed E-state index contributed by atoms with van der Waals surface area (Å²) in [7, 11) is 1.62. The molecule has 0 aliphatic heterocycles. The Bertz CT molecular complexity index is 1170. The van der Waals surface area contributed by atoms with Crippen LogP contribution in [0.25, 0.3) is 0 Å². The topological polar surface area (TPSA) is 47.6 Å². The van der Waals surface area contributed by atoms with Crippen LogP contribution in [0.4, 0.5) is 0 Å². The average Bonchev–Trinajstić information content (AvgIpc) is 2.87. The highest BCUT2D eigenvalue weighted by Gasteiger charge is 2.19. The minimum atomic E-state index is -0.256. The van der Waals surface area contributed by atoms with Crippen molar-refractivity contribution in [2.45, 2.75) is 19.6 Å². The van der Waals surface area contributed by atoms with Crippen LogP contribution >= 0.6 is 0 Å². The molecule has 4 aromatic carbocycles. The monoisotopic (exact) mass is 437 g/mol. The van der Waals surface area contributed by atoms with Gasteiger partial charge in [0.1, 0.15) is 18.1 Å². The fraction of sp³-hybridized carbons (Fsp3) is 0.138. The smallest absolute Gasteiger partial charge is 0.252 e. The molecule has 0 unspecified atom stereocenters. The molecule has 4 nitrogen and oxygen atoms in total. The van der Waals surface area contributed by atoms with E-state index in [1.807, 2.05) is 104 Å². The molecule has 33 heavy (non-hydrogen) atoms. The number of aryl methyl sites for hydroxylation is 1. The Morgan fingerprint density at radius 2 is 1.48 bits per heavy atom. The molecule has 0 saturated heterocycles. The molecule has 0 bridgehead atoms. The Balaban J connectivity index is 1.57. The maximum Gasteiger partial charge on any atom is 0.252 e. The Morgan fingerprint density at radius 1 is 0.818 bits per heavy atom. The number of carbonyl (C=O) groups excluding carboxylic acids is 1. The lowest BCUT2D eigenvalue weighted by molar-refractivity contribution is 0.0942. The standard InChI is InChI=1S/C29H27NO3/c1-21-10-9-15-26(18-21)33-20-25-19-24(16-17-27(25)32-2)29(31)30-28(22-11-5-3-6-12-22)23-13-7-4-8-14-23/h3-19,28H,20H2,1-2H3,(H,30,31). The predicted octanol–water partition coefficient (Wildman–Crippen LogP) is 6.10. The third-order valence-electron chi connectivity index (χ3n) is 5.47. The van der Waals surface area contributed by atoms with Crippen LogP contribution in [0.5, 0.6) is 11.5 Å². The number of hydrogen-bond acceptors (Lipinski definition) is 3. The minimum absolute atomic E-state index is 0.160. The first-order valence-corrected chi connectivity index (χ1v) is 10.9. The molecule has 1 N–H and O–H groups in total. The summed E-state index contributed by atoms with van der Waals surface area (Å²) in [4.78, 5) is 13.3. The Kier molecular flexibility index (Phi) is 7.06. The van der Waals surface area contributed by atoms with Crippen molar-refractivity contribution in [1.82, 2.24) is 5.32 Å². The largest absolute Gasteiger partial charge is 0.496 e. The second kappa shape index (κ2) is 10.5. The van der Waals surface area contributed by atoms with E-state index >= 15 is 0 Å². The van der Waals surface area contributed by atoms with Gasteiger partial charge in [0.15, 0.2) is 0 Å². The third kappa shape index (κ3) is 5.60. The number of amides is 1. The van der Waals surface area contributed by atoms with Gasteiger partial charge in [0.25, 0.3) is 5.91 Å². The van der Waals surface area contributed by atoms with E-state index in [0.29, 0.717) is 17.9 Å². The van der Waals surface area contributed by atoms with E-state index in [0.717, 1.165) is 28.0 Å². The first-order valence-electron chi connectivity index (χ1n) is 10.9. The summed E-state index contributed by atoms with van der Waals surface area (Å²) in [5, 5.41) is 3.19. The van der Waals surface area contributed by atoms with E-state index < -0.39 is 0 Å². The maximum atomic E-state index is 13.3. The van der Waals surface area contributed by atoms with Crippen LogP contribution in [0, 0.1) is 6.92 Å². The van der Waals surface area contributed by atoms with Crippen molar-refractivity contribution in [3.63, 3.8) is 0 Å². The van der Waals surface area contributed by atoms with E-state index in [-0.39, 0.29) is 11.9 Å². The van der Waals surface area contributed by atoms with Crippen LogP contribution in [0.3, 0.4) is 0 Å². The van der Waals surface area contributed by atoms with Gasteiger partial charge >= 0.3 is 0 Å². The highest BCUT2D eigenvalue weighted by Crippen LogP contribution is 2.25. The summed E-state index contributed by atoms with van der Waals surface area (Å²) >= 11 is 0. The second-order valence-electron chi connectivity index (χ2n) is 7.86. The molecule has 0 aromatic heterocycles. The van der Waals surface area contributed by atoms with Crippen LogP contribution in [-0.4, -0.2) is 13.0 Å².